The van der Waals surface area contributed by atoms with Gasteiger partial charge in [-0.15, -0.1) is 0 Å². The van der Waals surface area contributed by atoms with E-state index >= 15 is 0 Å². The van der Waals surface area contributed by atoms with Crippen molar-refractivity contribution in [2.75, 3.05) is 11.4 Å². The van der Waals surface area contributed by atoms with Crippen LogP contribution in [0.3, 0.4) is 0 Å². The monoisotopic (exact) mass is 463 g/mol. The van der Waals surface area contributed by atoms with Crippen LogP contribution in [-0.2, 0) is 26.6 Å². The molecule has 33 heavy (non-hydrogen) atoms. The zero-order valence-corrected chi connectivity index (χ0v) is 19.7. The predicted molar refractivity (Wildman–Crippen MR) is 132 cm³/mol. The summed E-state index contributed by atoms with van der Waals surface area (Å²) in [6.07, 6.45) is 0.604. The Morgan fingerprint density at radius 3 is 2.58 bits per heavy atom. The van der Waals surface area contributed by atoms with Crippen LogP contribution in [-0.4, -0.2) is 25.2 Å². The maximum atomic E-state index is 13.6. The standard InChI is InChI=1S/C25H26ClN5O2/c1-16-14-30(20-11-7-10-19(26)17(20)2)24-27-22-21(31(24)15-16)23(32)29(25(33)28(22)3)13-12-18-8-5-4-6-9-18/h4-11,16H,12-15H2,1-3H3/t16-/m0/s1. The molecular weight excluding hydrogens is 438 g/mol. The van der Waals surface area contributed by atoms with E-state index in [9.17, 15) is 9.59 Å². The lowest BCUT2D eigenvalue weighted by molar-refractivity contribution is 0.457. The van der Waals surface area contributed by atoms with Gasteiger partial charge in [-0.25, -0.2) is 4.79 Å². The van der Waals surface area contributed by atoms with Crippen molar-refractivity contribution >= 4 is 34.4 Å². The summed E-state index contributed by atoms with van der Waals surface area (Å²) < 4.78 is 4.78. The molecule has 5 rings (SSSR count). The number of anilines is 2. The normalized spacial score (nSPS) is 15.8. The van der Waals surface area contributed by atoms with Crippen LogP contribution in [0.5, 0.6) is 0 Å². The maximum Gasteiger partial charge on any atom is 0.332 e. The van der Waals surface area contributed by atoms with E-state index in [1.807, 2.05) is 60.0 Å². The third-order valence-corrected chi connectivity index (χ3v) is 6.85. The summed E-state index contributed by atoms with van der Waals surface area (Å²) >= 11 is 6.40. The van der Waals surface area contributed by atoms with Crippen LogP contribution >= 0.6 is 11.6 Å². The third-order valence-electron chi connectivity index (χ3n) is 6.44. The molecule has 0 bridgehead atoms. The molecule has 0 unspecified atom stereocenters. The number of hydrogen-bond acceptors (Lipinski definition) is 4. The predicted octanol–water partition coefficient (Wildman–Crippen LogP) is 3.89. The Bertz CT molecular complexity index is 1470. The molecule has 1 aliphatic rings. The van der Waals surface area contributed by atoms with Crippen molar-refractivity contribution in [3.8, 4) is 0 Å². The molecule has 1 aliphatic heterocycles. The molecule has 0 saturated heterocycles. The van der Waals surface area contributed by atoms with Crippen LogP contribution in [0.15, 0.2) is 58.1 Å². The highest BCUT2D eigenvalue weighted by Gasteiger charge is 2.30. The zero-order chi connectivity index (χ0) is 23.3. The van der Waals surface area contributed by atoms with Crippen molar-refractivity contribution in [2.45, 2.75) is 33.4 Å². The molecular formula is C25H26ClN5O2. The average molecular weight is 464 g/mol. The fraction of sp³-hybridized carbons (Fsp3) is 0.320. The highest BCUT2D eigenvalue weighted by Crippen LogP contribution is 2.36. The molecule has 2 aromatic heterocycles. The van der Waals surface area contributed by atoms with Gasteiger partial charge < -0.3 is 9.47 Å². The number of aromatic nitrogens is 4. The van der Waals surface area contributed by atoms with Gasteiger partial charge in [0.05, 0.1) is 0 Å². The van der Waals surface area contributed by atoms with Crippen LogP contribution in [0.25, 0.3) is 11.2 Å². The minimum atomic E-state index is -0.350. The van der Waals surface area contributed by atoms with Gasteiger partial charge in [0, 0.05) is 37.4 Å². The second kappa shape index (κ2) is 8.23. The van der Waals surface area contributed by atoms with Gasteiger partial charge in [0.25, 0.3) is 5.56 Å². The third kappa shape index (κ3) is 3.56. The summed E-state index contributed by atoms with van der Waals surface area (Å²) in [4.78, 5) is 33.6. The van der Waals surface area contributed by atoms with E-state index in [1.165, 1.54) is 9.13 Å². The molecule has 2 aromatic carbocycles. The maximum absolute atomic E-state index is 13.6. The first-order valence-electron chi connectivity index (χ1n) is 11.1. The Hall–Kier alpha value is -3.32. The number of hydrogen-bond donors (Lipinski definition) is 0. The fourth-order valence-corrected chi connectivity index (χ4v) is 4.85. The average Bonchev–Trinajstić information content (AvgIpc) is 3.19. The van der Waals surface area contributed by atoms with E-state index in [0.717, 1.165) is 23.4 Å². The molecule has 0 aliphatic carbocycles. The van der Waals surface area contributed by atoms with Crippen molar-refractivity contribution in [3.05, 3.63) is 85.5 Å². The zero-order valence-electron chi connectivity index (χ0n) is 19.0. The number of benzene rings is 2. The summed E-state index contributed by atoms with van der Waals surface area (Å²) in [6.45, 7) is 5.86. The molecule has 7 nitrogen and oxygen atoms in total. The Balaban J connectivity index is 1.67. The lowest BCUT2D eigenvalue weighted by atomic mass is 10.1. The summed E-state index contributed by atoms with van der Waals surface area (Å²) in [7, 11) is 1.68. The molecule has 0 saturated carbocycles. The van der Waals surface area contributed by atoms with Gasteiger partial charge in [-0.2, -0.15) is 4.98 Å². The molecule has 0 amide bonds. The Morgan fingerprint density at radius 1 is 1.06 bits per heavy atom. The SMILES string of the molecule is Cc1c(Cl)cccc1N1C[C@H](C)Cn2c1nc1c2c(=O)n(CCc2ccccc2)c(=O)n1C. The second-order valence-corrected chi connectivity index (χ2v) is 9.24. The van der Waals surface area contributed by atoms with Crippen LogP contribution in [0.1, 0.15) is 18.1 Å². The largest absolute Gasteiger partial charge is 0.332 e. The smallest absolute Gasteiger partial charge is 0.311 e. The van der Waals surface area contributed by atoms with Crippen molar-refractivity contribution in [1.29, 1.82) is 0 Å². The first-order chi connectivity index (χ1) is 15.9. The van der Waals surface area contributed by atoms with Gasteiger partial charge in [-0.1, -0.05) is 54.9 Å². The van der Waals surface area contributed by atoms with Crippen molar-refractivity contribution in [2.24, 2.45) is 13.0 Å². The lowest BCUT2D eigenvalue weighted by Gasteiger charge is -2.34. The first kappa shape index (κ1) is 21.5. The van der Waals surface area contributed by atoms with Gasteiger partial charge >= 0.3 is 5.69 Å². The summed E-state index contributed by atoms with van der Waals surface area (Å²) in [5.41, 5.74) is 3.24. The van der Waals surface area contributed by atoms with Gasteiger partial charge in [-0.05, 0) is 42.5 Å². The Labute approximate surface area is 196 Å². The van der Waals surface area contributed by atoms with Crippen LogP contribution in [0.4, 0.5) is 11.6 Å². The number of nitrogens with zero attached hydrogens (tertiary/aromatic N) is 5. The van der Waals surface area contributed by atoms with E-state index in [1.54, 1.807) is 7.05 Å². The molecule has 3 heterocycles. The lowest BCUT2D eigenvalue weighted by Crippen LogP contribution is -2.41. The minimum absolute atomic E-state index is 0.280. The van der Waals surface area contributed by atoms with Gasteiger partial charge in [0.15, 0.2) is 11.2 Å². The molecule has 170 valence electrons. The fourth-order valence-electron chi connectivity index (χ4n) is 4.68. The van der Waals surface area contributed by atoms with Crippen LogP contribution in [0, 0.1) is 12.8 Å². The highest BCUT2D eigenvalue weighted by molar-refractivity contribution is 6.31. The van der Waals surface area contributed by atoms with Crippen molar-refractivity contribution < 1.29 is 0 Å². The molecule has 0 fully saturated rings. The molecule has 0 radical (unpaired) electrons. The summed E-state index contributed by atoms with van der Waals surface area (Å²) in [6, 6.07) is 15.7. The molecule has 1 atom stereocenters. The van der Waals surface area contributed by atoms with Crippen molar-refractivity contribution in [1.82, 2.24) is 18.7 Å². The van der Waals surface area contributed by atoms with E-state index < -0.39 is 0 Å². The van der Waals surface area contributed by atoms with Crippen molar-refractivity contribution in [3.63, 3.8) is 0 Å². The van der Waals surface area contributed by atoms with Crippen LogP contribution in [0.2, 0.25) is 5.02 Å². The number of aryl methyl sites for hydroxylation is 2. The highest BCUT2D eigenvalue weighted by atomic mass is 35.5. The van der Waals surface area contributed by atoms with Crippen LogP contribution < -0.4 is 16.1 Å². The quantitative estimate of drug-likeness (QED) is 0.460. The Morgan fingerprint density at radius 2 is 1.82 bits per heavy atom. The van der Waals surface area contributed by atoms with Gasteiger partial charge in [0.1, 0.15) is 0 Å². The topological polar surface area (TPSA) is 65.1 Å². The number of imidazole rings is 1. The van der Waals surface area contributed by atoms with E-state index in [0.29, 0.717) is 41.6 Å². The summed E-state index contributed by atoms with van der Waals surface area (Å²) in [5, 5.41) is 0.684. The van der Waals surface area contributed by atoms with E-state index in [4.69, 9.17) is 16.6 Å². The Kier molecular flexibility index (Phi) is 5.37. The molecule has 8 heteroatoms. The van der Waals surface area contributed by atoms with E-state index in [-0.39, 0.29) is 17.2 Å². The van der Waals surface area contributed by atoms with E-state index in [2.05, 4.69) is 11.8 Å². The first-order valence-corrected chi connectivity index (χ1v) is 11.5. The van der Waals surface area contributed by atoms with Gasteiger partial charge in [0.2, 0.25) is 5.95 Å². The number of rotatable bonds is 4. The number of halogens is 1. The molecule has 4 aromatic rings. The number of fused-ring (bicyclic) bond motifs is 3. The minimum Gasteiger partial charge on any atom is -0.311 e. The molecule has 0 N–H and O–H groups in total. The molecule has 0 spiro atoms. The van der Waals surface area contributed by atoms with Gasteiger partial charge in [-0.3, -0.25) is 13.9 Å². The second-order valence-electron chi connectivity index (χ2n) is 8.83. The summed E-state index contributed by atoms with van der Waals surface area (Å²) in [5.74, 6) is 0.948.